The average Bonchev–Trinajstić information content (AvgIpc) is 2.19. The van der Waals surface area contributed by atoms with Crippen LogP contribution in [0.3, 0.4) is 0 Å². The molecule has 1 aliphatic rings. The maximum atomic E-state index is 11.7. The number of nitrogens with zero attached hydrogens (tertiary/aromatic N) is 1. The molecule has 1 rings (SSSR count). The maximum Gasteiger partial charge on any atom is 0.237 e. The maximum absolute atomic E-state index is 11.7. The molecule has 0 heterocycles. The van der Waals surface area contributed by atoms with Crippen molar-refractivity contribution < 1.29 is 4.79 Å². The Labute approximate surface area is 91.2 Å². The third-order valence-corrected chi connectivity index (χ3v) is 2.70. The van der Waals surface area contributed by atoms with Gasteiger partial charge in [0.05, 0.1) is 6.07 Å². The monoisotopic (exact) mass is 206 g/mol. The molecule has 0 aliphatic heterocycles. The zero-order valence-electron chi connectivity index (χ0n) is 9.36. The van der Waals surface area contributed by atoms with Crippen LogP contribution in [0, 0.1) is 23.2 Å². The molecular weight excluding hydrogens is 188 g/mol. The SMILES string of the molecule is CC(C)C(C#N)C(=O)NC1CC=CCC1. The molecule has 3 nitrogen and oxygen atoms in total. The summed E-state index contributed by atoms with van der Waals surface area (Å²) < 4.78 is 0. The zero-order chi connectivity index (χ0) is 11.3. The van der Waals surface area contributed by atoms with E-state index in [-0.39, 0.29) is 17.9 Å². The van der Waals surface area contributed by atoms with E-state index in [0.717, 1.165) is 19.3 Å². The van der Waals surface area contributed by atoms with E-state index in [0.29, 0.717) is 0 Å². The van der Waals surface area contributed by atoms with Gasteiger partial charge in [-0.25, -0.2) is 0 Å². The lowest BCUT2D eigenvalue weighted by atomic mass is 9.95. The fourth-order valence-corrected chi connectivity index (χ4v) is 1.73. The van der Waals surface area contributed by atoms with Gasteiger partial charge in [-0.2, -0.15) is 5.26 Å². The molecule has 0 aromatic carbocycles. The third-order valence-electron chi connectivity index (χ3n) is 2.70. The van der Waals surface area contributed by atoms with Gasteiger partial charge in [-0.05, 0) is 25.2 Å². The topological polar surface area (TPSA) is 52.9 Å². The average molecular weight is 206 g/mol. The highest BCUT2D eigenvalue weighted by Gasteiger charge is 2.23. The molecule has 3 heteroatoms. The fourth-order valence-electron chi connectivity index (χ4n) is 1.73. The number of carbonyl (C=O) groups is 1. The summed E-state index contributed by atoms with van der Waals surface area (Å²) in [6.07, 6.45) is 7.11. The minimum Gasteiger partial charge on any atom is -0.352 e. The lowest BCUT2D eigenvalue weighted by Crippen LogP contribution is -2.40. The van der Waals surface area contributed by atoms with Gasteiger partial charge in [0.2, 0.25) is 5.91 Å². The first-order valence-electron chi connectivity index (χ1n) is 5.50. The number of carbonyl (C=O) groups excluding carboxylic acids is 1. The Kier molecular flexibility index (Phi) is 4.36. The van der Waals surface area contributed by atoms with Gasteiger partial charge in [0.25, 0.3) is 0 Å². The van der Waals surface area contributed by atoms with Crippen molar-refractivity contribution in [2.24, 2.45) is 11.8 Å². The Hall–Kier alpha value is -1.30. The van der Waals surface area contributed by atoms with Crippen LogP contribution in [0.25, 0.3) is 0 Å². The molecule has 0 aromatic rings. The van der Waals surface area contributed by atoms with Crippen LogP contribution in [0.1, 0.15) is 33.1 Å². The van der Waals surface area contributed by atoms with Crippen molar-refractivity contribution in [1.29, 1.82) is 5.26 Å². The largest absolute Gasteiger partial charge is 0.352 e. The number of nitriles is 1. The Bertz CT molecular complexity index is 288. The first-order valence-corrected chi connectivity index (χ1v) is 5.50. The minimum absolute atomic E-state index is 0.0779. The van der Waals surface area contributed by atoms with Crippen molar-refractivity contribution in [3.8, 4) is 6.07 Å². The van der Waals surface area contributed by atoms with Crippen LogP contribution < -0.4 is 5.32 Å². The number of hydrogen-bond donors (Lipinski definition) is 1. The van der Waals surface area contributed by atoms with Crippen LogP contribution in [0.4, 0.5) is 0 Å². The van der Waals surface area contributed by atoms with Gasteiger partial charge < -0.3 is 5.32 Å². The van der Waals surface area contributed by atoms with E-state index in [1.807, 2.05) is 13.8 Å². The molecule has 2 atom stereocenters. The van der Waals surface area contributed by atoms with Crippen molar-refractivity contribution in [1.82, 2.24) is 5.32 Å². The zero-order valence-corrected chi connectivity index (χ0v) is 9.36. The van der Waals surface area contributed by atoms with Crippen LogP contribution in [-0.4, -0.2) is 11.9 Å². The summed E-state index contributed by atoms with van der Waals surface area (Å²) in [5.41, 5.74) is 0. The molecule has 0 bridgehead atoms. The number of hydrogen-bond acceptors (Lipinski definition) is 2. The van der Waals surface area contributed by atoms with Crippen LogP contribution in [0.2, 0.25) is 0 Å². The first kappa shape index (κ1) is 11.8. The van der Waals surface area contributed by atoms with E-state index in [2.05, 4.69) is 23.5 Å². The van der Waals surface area contributed by atoms with Crippen LogP contribution in [0.5, 0.6) is 0 Å². The number of nitrogens with one attached hydrogen (secondary N) is 1. The van der Waals surface area contributed by atoms with Gasteiger partial charge in [0, 0.05) is 6.04 Å². The number of amides is 1. The van der Waals surface area contributed by atoms with Gasteiger partial charge in [0.15, 0.2) is 0 Å². The molecule has 0 spiro atoms. The Balaban J connectivity index is 2.47. The quantitative estimate of drug-likeness (QED) is 0.718. The molecular formula is C12H18N2O. The second-order valence-electron chi connectivity index (χ2n) is 4.34. The second-order valence-corrected chi connectivity index (χ2v) is 4.34. The molecule has 82 valence electrons. The van der Waals surface area contributed by atoms with E-state index < -0.39 is 5.92 Å². The summed E-state index contributed by atoms with van der Waals surface area (Å²) in [4.78, 5) is 11.7. The van der Waals surface area contributed by atoms with Gasteiger partial charge >= 0.3 is 0 Å². The fraction of sp³-hybridized carbons (Fsp3) is 0.667. The number of rotatable bonds is 3. The minimum atomic E-state index is -0.518. The Morgan fingerprint density at radius 2 is 2.27 bits per heavy atom. The molecule has 0 saturated heterocycles. The Morgan fingerprint density at radius 1 is 1.53 bits per heavy atom. The molecule has 1 N–H and O–H groups in total. The summed E-state index contributed by atoms with van der Waals surface area (Å²) in [5, 5.41) is 11.8. The standard InChI is InChI=1S/C12H18N2O/c1-9(2)11(8-13)12(15)14-10-6-4-3-5-7-10/h3-4,9-11H,5-7H2,1-2H3,(H,14,15). The molecule has 15 heavy (non-hydrogen) atoms. The predicted octanol–water partition coefficient (Wildman–Crippen LogP) is 2.01. The van der Waals surface area contributed by atoms with Crippen LogP contribution in [0.15, 0.2) is 12.2 Å². The van der Waals surface area contributed by atoms with Gasteiger partial charge in [0.1, 0.15) is 5.92 Å². The van der Waals surface area contributed by atoms with E-state index in [1.54, 1.807) is 0 Å². The highest BCUT2D eigenvalue weighted by molar-refractivity contribution is 5.81. The van der Waals surface area contributed by atoms with Crippen molar-refractivity contribution in [3.05, 3.63) is 12.2 Å². The molecule has 2 unspecified atom stereocenters. The Morgan fingerprint density at radius 3 is 2.73 bits per heavy atom. The normalized spacial score (nSPS) is 22.1. The van der Waals surface area contributed by atoms with Gasteiger partial charge in [-0.3, -0.25) is 4.79 Å². The van der Waals surface area contributed by atoms with E-state index >= 15 is 0 Å². The third kappa shape index (κ3) is 3.39. The van der Waals surface area contributed by atoms with Crippen molar-refractivity contribution in [2.75, 3.05) is 0 Å². The molecule has 0 saturated carbocycles. The lowest BCUT2D eigenvalue weighted by Gasteiger charge is -2.22. The van der Waals surface area contributed by atoms with Gasteiger partial charge in [-0.15, -0.1) is 0 Å². The summed E-state index contributed by atoms with van der Waals surface area (Å²) in [5.74, 6) is -0.558. The molecule has 1 aliphatic carbocycles. The van der Waals surface area contributed by atoms with Crippen molar-refractivity contribution in [3.63, 3.8) is 0 Å². The highest BCUT2D eigenvalue weighted by Crippen LogP contribution is 2.14. The van der Waals surface area contributed by atoms with Crippen molar-refractivity contribution >= 4 is 5.91 Å². The predicted molar refractivity (Wildman–Crippen MR) is 58.9 cm³/mol. The highest BCUT2D eigenvalue weighted by atomic mass is 16.1. The summed E-state index contributed by atoms with van der Waals surface area (Å²) in [6.45, 7) is 3.79. The van der Waals surface area contributed by atoms with E-state index in [4.69, 9.17) is 5.26 Å². The van der Waals surface area contributed by atoms with Crippen LogP contribution in [-0.2, 0) is 4.79 Å². The van der Waals surface area contributed by atoms with E-state index in [9.17, 15) is 4.79 Å². The van der Waals surface area contributed by atoms with Gasteiger partial charge in [-0.1, -0.05) is 26.0 Å². The lowest BCUT2D eigenvalue weighted by molar-refractivity contribution is -0.125. The van der Waals surface area contributed by atoms with E-state index in [1.165, 1.54) is 0 Å². The summed E-state index contributed by atoms with van der Waals surface area (Å²) >= 11 is 0. The number of allylic oxidation sites excluding steroid dienone is 1. The molecule has 1 amide bonds. The molecule has 0 radical (unpaired) electrons. The summed E-state index contributed by atoms with van der Waals surface area (Å²) in [6, 6.07) is 2.28. The van der Waals surface area contributed by atoms with Crippen molar-refractivity contribution in [2.45, 2.75) is 39.2 Å². The first-order chi connectivity index (χ1) is 7.15. The van der Waals surface area contributed by atoms with Crippen LogP contribution >= 0.6 is 0 Å². The second kappa shape index (κ2) is 5.55. The summed E-state index contributed by atoms with van der Waals surface area (Å²) in [7, 11) is 0. The molecule has 0 aromatic heterocycles. The smallest absolute Gasteiger partial charge is 0.237 e. The molecule has 0 fully saturated rings.